The van der Waals surface area contributed by atoms with Crippen LogP contribution in [0, 0.1) is 0 Å². The standard InChI is InChI=1S/C14H26N4OS2/c19-14-17(20-15-8-3-1-4-9-15)12-7-13-18(14)21-16-10-5-2-6-11-16/h1-13H2. The van der Waals surface area contributed by atoms with Gasteiger partial charge in [0.1, 0.15) is 0 Å². The molecule has 3 saturated heterocycles. The van der Waals surface area contributed by atoms with Gasteiger partial charge in [-0.15, -0.1) is 0 Å². The first-order valence-corrected chi connectivity index (χ1v) is 9.74. The van der Waals surface area contributed by atoms with Gasteiger partial charge in [-0.05, 0) is 32.1 Å². The number of piperidine rings is 2. The average molecular weight is 331 g/mol. The summed E-state index contributed by atoms with van der Waals surface area (Å²) in [6.45, 7) is 6.25. The lowest BCUT2D eigenvalue weighted by atomic mass is 10.2. The summed E-state index contributed by atoms with van der Waals surface area (Å²) in [5.74, 6) is 0. The van der Waals surface area contributed by atoms with Gasteiger partial charge in [0.15, 0.2) is 0 Å². The first-order chi connectivity index (χ1) is 10.3. The molecule has 0 aliphatic carbocycles. The second-order valence-corrected chi connectivity index (χ2v) is 8.22. The van der Waals surface area contributed by atoms with Gasteiger partial charge in [0.25, 0.3) is 0 Å². The molecule has 3 aliphatic rings. The minimum absolute atomic E-state index is 0.187. The molecule has 3 fully saturated rings. The van der Waals surface area contributed by atoms with E-state index < -0.39 is 0 Å². The molecular formula is C14H26N4OS2. The highest BCUT2D eigenvalue weighted by atomic mass is 32.2. The fourth-order valence-corrected chi connectivity index (χ4v) is 5.21. The SMILES string of the molecule is O=C1N(SN2CCCCC2)CCCN1SN1CCCCC1. The van der Waals surface area contributed by atoms with Crippen molar-refractivity contribution >= 4 is 30.3 Å². The van der Waals surface area contributed by atoms with Gasteiger partial charge in [-0.1, -0.05) is 12.8 Å². The molecule has 3 aliphatic heterocycles. The topological polar surface area (TPSA) is 30.0 Å². The quantitative estimate of drug-likeness (QED) is 0.739. The maximum absolute atomic E-state index is 12.6. The van der Waals surface area contributed by atoms with Crippen LogP contribution in [0.15, 0.2) is 0 Å². The molecule has 0 saturated carbocycles. The van der Waals surface area contributed by atoms with Gasteiger partial charge in [-0.3, -0.25) is 8.61 Å². The molecule has 3 rings (SSSR count). The first-order valence-electron chi connectivity index (χ1n) is 8.28. The lowest BCUT2D eigenvalue weighted by molar-refractivity contribution is 0.193. The zero-order valence-electron chi connectivity index (χ0n) is 12.7. The van der Waals surface area contributed by atoms with Crippen LogP contribution in [-0.4, -0.2) is 62.5 Å². The zero-order chi connectivity index (χ0) is 14.5. The number of hydrogen-bond acceptors (Lipinski definition) is 5. The van der Waals surface area contributed by atoms with Crippen molar-refractivity contribution in [2.45, 2.75) is 44.9 Å². The molecule has 0 atom stereocenters. The van der Waals surface area contributed by atoms with Crippen LogP contribution >= 0.6 is 24.3 Å². The summed E-state index contributed by atoms with van der Waals surface area (Å²) >= 11 is 3.32. The molecule has 120 valence electrons. The first kappa shape index (κ1) is 15.8. The summed E-state index contributed by atoms with van der Waals surface area (Å²) in [6.07, 6.45) is 8.81. The van der Waals surface area contributed by atoms with E-state index in [1.807, 2.05) is 8.61 Å². The summed E-state index contributed by atoms with van der Waals surface area (Å²) in [7, 11) is 0. The van der Waals surface area contributed by atoms with Crippen LogP contribution in [0.5, 0.6) is 0 Å². The summed E-state index contributed by atoms with van der Waals surface area (Å²) in [4.78, 5) is 12.6. The van der Waals surface area contributed by atoms with E-state index in [1.54, 1.807) is 24.3 Å². The third-order valence-electron chi connectivity index (χ3n) is 4.21. The third kappa shape index (κ3) is 4.43. The Labute approximate surface area is 136 Å². The molecule has 0 aromatic carbocycles. The number of urea groups is 1. The molecule has 0 bridgehead atoms. The van der Waals surface area contributed by atoms with Gasteiger partial charge in [-0.2, -0.15) is 0 Å². The number of hydrogen-bond donors (Lipinski definition) is 0. The van der Waals surface area contributed by atoms with E-state index in [1.165, 1.54) is 38.5 Å². The summed E-state index contributed by atoms with van der Waals surface area (Å²) in [5, 5.41) is 0. The second kappa shape index (κ2) is 7.94. The van der Waals surface area contributed by atoms with Gasteiger partial charge in [0.05, 0.1) is 0 Å². The molecule has 0 aromatic rings. The van der Waals surface area contributed by atoms with Crippen molar-refractivity contribution in [3.63, 3.8) is 0 Å². The Morgan fingerprint density at radius 2 is 1.00 bits per heavy atom. The second-order valence-electron chi connectivity index (χ2n) is 5.98. The number of amides is 2. The molecule has 7 heteroatoms. The van der Waals surface area contributed by atoms with E-state index in [4.69, 9.17) is 0 Å². The Bertz CT molecular complexity index is 316. The van der Waals surface area contributed by atoms with Crippen molar-refractivity contribution in [3.8, 4) is 0 Å². The van der Waals surface area contributed by atoms with E-state index in [0.717, 1.165) is 45.7 Å². The fourth-order valence-electron chi connectivity index (χ4n) is 3.00. The molecule has 21 heavy (non-hydrogen) atoms. The third-order valence-corrected chi connectivity index (χ3v) is 6.47. The lowest BCUT2D eigenvalue weighted by Crippen LogP contribution is -2.46. The Kier molecular flexibility index (Phi) is 5.97. The zero-order valence-corrected chi connectivity index (χ0v) is 14.3. The van der Waals surface area contributed by atoms with Crippen molar-refractivity contribution in [2.75, 3.05) is 39.3 Å². The van der Waals surface area contributed by atoms with E-state index in [0.29, 0.717) is 0 Å². The van der Waals surface area contributed by atoms with Crippen molar-refractivity contribution in [3.05, 3.63) is 0 Å². The van der Waals surface area contributed by atoms with Crippen molar-refractivity contribution in [1.29, 1.82) is 0 Å². The highest BCUT2D eigenvalue weighted by molar-refractivity contribution is 7.96. The Balaban J connectivity index is 1.50. The summed E-state index contributed by atoms with van der Waals surface area (Å²) < 4.78 is 8.64. The van der Waals surface area contributed by atoms with Gasteiger partial charge >= 0.3 is 6.03 Å². The van der Waals surface area contributed by atoms with E-state index in [-0.39, 0.29) is 6.03 Å². The largest absolute Gasteiger partial charge is 0.341 e. The Hall–Kier alpha value is -0.110. The van der Waals surface area contributed by atoms with Crippen LogP contribution in [0.2, 0.25) is 0 Å². The lowest BCUT2D eigenvalue weighted by Gasteiger charge is -2.39. The minimum atomic E-state index is 0.187. The van der Waals surface area contributed by atoms with E-state index >= 15 is 0 Å². The number of nitrogens with zero attached hydrogens (tertiary/aromatic N) is 4. The summed E-state index contributed by atoms with van der Waals surface area (Å²) in [6, 6.07) is 0.187. The molecule has 0 aromatic heterocycles. The maximum atomic E-state index is 12.6. The Morgan fingerprint density at radius 1 is 0.571 bits per heavy atom. The van der Waals surface area contributed by atoms with Crippen LogP contribution in [0.1, 0.15) is 44.9 Å². The maximum Gasteiger partial charge on any atom is 0.341 e. The van der Waals surface area contributed by atoms with Crippen molar-refractivity contribution < 1.29 is 4.79 Å². The van der Waals surface area contributed by atoms with Gasteiger partial charge in [-0.25, -0.2) is 13.4 Å². The highest BCUT2D eigenvalue weighted by Crippen LogP contribution is 2.30. The molecular weight excluding hydrogens is 304 g/mol. The molecule has 0 spiro atoms. The van der Waals surface area contributed by atoms with Crippen LogP contribution in [-0.2, 0) is 0 Å². The molecule has 5 nitrogen and oxygen atoms in total. The van der Waals surface area contributed by atoms with Crippen LogP contribution in [0.3, 0.4) is 0 Å². The average Bonchev–Trinajstić information content (AvgIpc) is 2.53. The van der Waals surface area contributed by atoms with Gasteiger partial charge < -0.3 is 0 Å². The molecule has 0 radical (unpaired) electrons. The van der Waals surface area contributed by atoms with Crippen LogP contribution < -0.4 is 0 Å². The van der Waals surface area contributed by atoms with Gasteiger partial charge in [0.2, 0.25) is 0 Å². The number of carbonyl (C=O) groups is 1. The minimum Gasteiger partial charge on any atom is -0.254 e. The van der Waals surface area contributed by atoms with E-state index in [9.17, 15) is 4.79 Å². The van der Waals surface area contributed by atoms with E-state index in [2.05, 4.69) is 8.61 Å². The predicted octanol–water partition coefficient (Wildman–Crippen LogP) is 3.21. The van der Waals surface area contributed by atoms with Gasteiger partial charge in [0, 0.05) is 63.5 Å². The summed E-state index contributed by atoms with van der Waals surface area (Å²) in [5.41, 5.74) is 0. The molecule has 3 heterocycles. The van der Waals surface area contributed by atoms with Crippen LogP contribution in [0.25, 0.3) is 0 Å². The monoisotopic (exact) mass is 330 g/mol. The molecule has 0 unspecified atom stereocenters. The van der Waals surface area contributed by atoms with Crippen molar-refractivity contribution in [1.82, 2.24) is 17.2 Å². The van der Waals surface area contributed by atoms with Crippen LogP contribution in [0.4, 0.5) is 4.79 Å². The highest BCUT2D eigenvalue weighted by Gasteiger charge is 2.30. The molecule has 0 N–H and O–H groups in total. The van der Waals surface area contributed by atoms with Crippen molar-refractivity contribution in [2.24, 2.45) is 0 Å². The number of rotatable bonds is 4. The molecule has 2 amide bonds. The number of carbonyl (C=O) groups excluding carboxylic acids is 1. The fraction of sp³-hybridized carbons (Fsp3) is 0.929. The Morgan fingerprint density at radius 3 is 1.43 bits per heavy atom. The normalized spacial score (nSPS) is 26.4. The predicted molar refractivity (Wildman–Crippen MR) is 89.5 cm³/mol. The smallest absolute Gasteiger partial charge is 0.254 e.